The number of anilines is 2. The number of hydrogen-bond acceptors (Lipinski definition) is 4. The molecule has 0 aliphatic heterocycles. The van der Waals surface area contributed by atoms with Crippen molar-refractivity contribution in [2.45, 2.75) is 27.7 Å². The molecule has 0 atom stereocenters. The van der Waals surface area contributed by atoms with Crippen LogP contribution in [0.25, 0.3) is 0 Å². The number of nitrogens with one attached hydrogen (secondary N) is 2. The number of rotatable bonds is 4. The van der Waals surface area contributed by atoms with Crippen molar-refractivity contribution in [1.82, 2.24) is 4.98 Å². The molecule has 5 nitrogen and oxygen atoms in total. The summed E-state index contributed by atoms with van der Waals surface area (Å²) in [5.74, 6) is -0.471. The van der Waals surface area contributed by atoms with Gasteiger partial charge in [-0.15, -0.1) is 0 Å². The van der Waals surface area contributed by atoms with Crippen LogP contribution < -0.4 is 10.6 Å². The van der Waals surface area contributed by atoms with Gasteiger partial charge in [0.1, 0.15) is 4.88 Å². The number of amides is 2. The molecule has 0 aliphatic carbocycles. The predicted molar refractivity (Wildman–Crippen MR) is 110 cm³/mol. The van der Waals surface area contributed by atoms with Crippen LogP contribution in [-0.2, 0) is 0 Å². The molecule has 2 aromatic carbocycles. The zero-order valence-electron chi connectivity index (χ0n) is 15.7. The van der Waals surface area contributed by atoms with E-state index in [2.05, 4.69) is 15.6 Å². The van der Waals surface area contributed by atoms with E-state index in [9.17, 15) is 9.59 Å². The molecule has 2 N–H and O–H groups in total. The van der Waals surface area contributed by atoms with E-state index in [0.717, 1.165) is 22.4 Å². The van der Waals surface area contributed by atoms with Crippen LogP contribution in [0.15, 0.2) is 42.5 Å². The molecule has 3 aromatic rings. The molecule has 138 valence electrons. The Morgan fingerprint density at radius 1 is 0.889 bits per heavy atom. The van der Waals surface area contributed by atoms with Gasteiger partial charge in [-0.2, -0.15) is 0 Å². The minimum atomic E-state index is -0.249. The van der Waals surface area contributed by atoms with E-state index in [1.807, 2.05) is 39.0 Å². The van der Waals surface area contributed by atoms with Gasteiger partial charge in [-0.3, -0.25) is 14.9 Å². The standard InChI is InChI=1S/C21H21N3O2S/c1-12-10-13(2)17(14(3)11-12)23-20(26)18-15(4)22-21(27-18)24-19(25)16-8-6-5-7-9-16/h5-11H,1-4H3,(H,23,26)(H,22,24,25). The van der Waals surface area contributed by atoms with Crippen LogP contribution in [0.2, 0.25) is 0 Å². The Labute approximate surface area is 162 Å². The number of aryl methyl sites for hydroxylation is 4. The zero-order valence-corrected chi connectivity index (χ0v) is 16.5. The second-order valence-electron chi connectivity index (χ2n) is 6.48. The summed E-state index contributed by atoms with van der Waals surface area (Å²) in [5, 5.41) is 6.14. The summed E-state index contributed by atoms with van der Waals surface area (Å²) >= 11 is 1.17. The van der Waals surface area contributed by atoms with E-state index in [-0.39, 0.29) is 11.8 Å². The van der Waals surface area contributed by atoms with Gasteiger partial charge in [0.25, 0.3) is 11.8 Å². The van der Waals surface area contributed by atoms with Crippen LogP contribution in [0.5, 0.6) is 0 Å². The third-order valence-electron chi connectivity index (χ3n) is 4.17. The highest BCUT2D eigenvalue weighted by atomic mass is 32.1. The van der Waals surface area contributed by atoms with E-state index >= 15 is 0 Å². The molecule has 3 rings (SSSR count). The number of benzene rings is 2. The molecule has 0 aliphatic rings. The first kappa shape index (κ1) is 18.8. The van der Waals surface area contributed by atoms with Gasteiger partial charge in [0.2, 0.25) is 0 Å². The van der Waals surface area contributed by atoms with Crippen LogP contribution in [0.4, 0.5) is 10.8 Å². The average molecular weight is 379 g/mol. The van der Waals surface area contributed by atoms with Crippen molar-refractivity contribution in [2.75, 3.05) is 10.6 Å². The summed E-state index contributed by atoms with van der Waals surface area (Å²) < 4.78 is 0. The van der Waals surface area contributed by atoms with E-state index < -0.39 is 0 Å². The Hall–Kier alpha value is -2.99. The van der Waals surface area contributed by atoms with Crippen molar-refractivity contribution in [3.8, 4) is 0 Å². The summed E-state index contributed by atoms with van der Waals surface area (Å²) in [4.78, 5) is 29.8. The lowest BCUT2D eigenvalue weighted by Gasteiger charge is -2.12. The number of thiazole rings is 1. The van der Waals surface area contributed by atoms with E-state index in [4.69, 9.17) is 0 Å². The molecule has 27 heavy (non-hydrogen) atoms. The molecule has 1 aromatic heterocycles. The molecule has 1 heterocycles. The molecule has 0 bridgehead atoms. The minimum Gasteiger partial charge on any atom is -0.321 e. The van der Waals surface area contributed by atoms with Gasteiger partial charge in [-0.25, -0.2) is 4.98 Å². The van der Waals surface area contributed by atoms with Crippen molar-refractivity contribution in [3.05, 3.63) is 75.3 Å². The summed E-state index contributed by atoms with van der Waals surface area (Å²) in [6, 6.07) is 13.0. The molecule has 0 saturated carbocycles. The van der Waals surface area contributed by atoms with Crippen molar-refractivity contribution < 1.29 is 9.59 Å². The molecule has 0 fully saturated rings. The van der Waals surface area contributed by atoms with Crippen molar-refractivity contribution in [2.24, 2.45) is 0 Å². The number of carbonyl (C=O) groups is 2. The van der Waals surface area contributed by atoms with E-state index in [1.54, 1.807) is 31.2 Å². The number of aromatic nitrogens is 1. The molecular formula is C21H21N3O2S. The maximum Gasteiger partial charge on any atom is 0.267 e. The van der Waals surface area contributed by atoms with Gasteiger partial charge in [0.15, 0.2) is 5.13 Å². The molecule has 0 unspecified atom stereocenters. The van der Waals surface area contributed by atoms with Gasteiger partial charge >= 0.3 is 0 Å². The van der Waals surface area contributed by atoms with Crippen molar-refractivity contribution in [3.63, 3.8) is 0 Å². The quantitative estimate of drug-likeness (QED) is 0.678. The minimum absolute atomic E-state index is 0.222. The SMILES string of the molecule is Cc1cc(C)c(NC(=O)c2sc(NC(=O)c3ccccc3)nc2C)c(C)c1. The first-order valence-electron chi connectivity index (χ1n) is 8.58. The summed E-state index contributed by atoms with van der Waals surface area (Å²) in [6.45, 7) is 7.74. The second-order valence-corrected chi connectivity index (χ2v) is 7.48. The summed E-state index contributed by atoms with van der Waals surface area (Å²) in [7, 11) is 0. The highest BCUT2D eigenvalue weighted by Crippen LogP contribution is 2.27. The Bertz CT molecular complexity index is 987. The fourth-order valence-corrected chi connectivity index (χ4v) is 3.82. The zero-order chi connectivity index (χ0) is 19.6. The third-order valence-corrected chi connectivity index (χ3v) is 5.25. The monoisotopic (exact) mass is 379 g/mol. The lowest BCUT2D eigenvalue weighted by atomic mass is 10.1. The van der Waals surface area contributed by atoms with Gasteiger partial charge < -0.3 is 5.32 Å². The predicted octanol–water partition coefficient (Wildman–Crippen LogP) is 4.88. The highest BCUT2D eigenvalue weighted by molar-refractivity contribution is 7.17. The topological polar surface area (TPSA) is 71.1 Å². The first-order valence-corrected chi connectivity index (χ1v) is 9.40. The van der Waals surface area contributed by atoms with E-state index in [1.165, 1.54) is 11.3 Å². The Morgan fingerprint density at radius 2 is 1.52 bits per heavy atom. The fraction of sp³-hybridized carbons (Fsp3) is 0.190. The lowest BCUT2D eigenvalue weighted by molar-refractivity contribution is 0.102. The van der Waals surface area contributed by atoms with E-state index in [0.29, 0.717) is 21.3 Å². The average Bonchev–Trinajstić information content (AvgIpc) is 2.99. The smallest absolute Gasteiger partial charge is 0.267 e. The molecular weight excluding hydrogens is 358 g/mol. The number of carbonyl (C=O) groups excluding carboxylic acids is 2. The van der Waals surface area contributed by atoms with Crippen molar-refractivity contribution >= 4 is 34.0 Å². The van der Waals surface area contributed by atoms with Crippen LogP contribution in [0.1, 0.15) is 42.4 Å². The second kappa shape index (κ2) is 7.72. The maximum atomic E-state index is 12.7. The normalized spacial score (nSPS) is 10.5. The van der Waals surface area contributed by atoms with Crippen LogP contribution in [0.3, 0.4) is 0 Å². The third kappa shape index (κ3) is 4.23. The number of nitrogens with zero attached hydrogens (tertiary/aromatic N) is 1. The summed E-state index contributed by atoms with van der Waals surface area (Å²) in [6.07, 6.45) is 0. The molecule has 0 radical (unpaired) electrons. The maximum absolute atomic E-state index is 12.7. The first-order chi connectivity index (χ1) is 12.8. The van der Waals surface area contributed by atoms with Crippen molar-refractivity contribution in [1.29, 1.82) is 0 Å². The fourth-order valence-electron chi connectivity index (χ4n) is 2.97. The van der Waals surface area contributed by atoms with Gasteiger partial charge in [-0.05, 0) is 51.0 Å². The summed E-state index contributed by atoms with van der Waals surface area (Å²) in [5.41, 5.74) is 5.13. The molecule has 0 saturated heterocycles. The van der Waals surface area contributed by atoms with Crippen LogP contribution >= 0.6 is 11.3 Å². The Morgan fingerprint density at radius 3 is 2.15 bits per heavy atom. The largest absolute Gasteiger partial charge is 0.321 e. The molecule has 6 heteroatoms. The van der Waals surface area contributed by atoms with Crippen LogP contribution in [-0.4, -0.2) is 16.8 Å². The Balaban J connectivity index is 1.78. The van der Waals surface area contributed by atoms with Gasteiger partial charge in [0.05, 0.1) is 5.69 Å². The molecule has 2 amide bonds. The van der Waals surface area contributed by atoms with Gasteiger partial charge in [0, 0.05) is 11.3 Å². The van der Waals surface area contributed by atoms with Gasteiger partial charge in [-0.1, -0.05) is 47.2 Å². The number of hydrogen-bond donors (Lipinski definition) is 2. The highest BCUT2D eigenvalue weighted by Gasteiger charge is 2.18. The lowest BCUT2D eigenvalue weighted by Crippen LogP contribution is -2.13. The Kier molecular flexibility index (Phi) is 5.37. The van der Waals surface area contributed by atoms with Crippen LogP contribution in [0, 0.1) is 27.7 Å². The molecule has 0 spiro atoms.